The van der Waals surface area contributed by atoms with Gasteiger partial charge in [0.2, 0.25) is 17.8 Å². The van der Waals surface area contributed by atoms with Crippen LogP contribution < -0.4 is 15.5 Å². The van der Waals surface area contributed by atoms with Crippen LogP contribution in [-0.4, -0.2) is 28.0 Å². The Hall–Kier alpha value is -3.43. The van der Waals surface area contributed by atoms with Crippen LogP contribution in [0, 0.1) is 23.3 Å². The SMILES string of the molecule is CCCCCCN(CCCCCC)c1nc(Nc2cc(F)ccc2F)nc(Nc2cc(F)ccc2F)n1. The van der Waals surface area contributed by atoms with E-state index in [4.69, 9.17) is 0 Å². The Morgan fingerprint density at radius 2 is 1.08 bits per heavy atom. The Bertz CT molecular complexity index is 1060. The highest BCUT2D eigenvalue weighted by atomic mass is 19.1. The number of nitrogens with zero attached hydrogens (tertiary/aromatic N) is 4. The van der Waals surface area contributed by atoms with Crippen LogP contribution in [0.25, 0.3) is 0 Å². The number of halogens is 4. The lowest BCUT2D eigenvalue weighted by molar-refractivity contribution is 0.599. The molecule has 2 N–H and O–H groups in total. The molecule has 0 saturated heterocycles. The van der Waals surface area contributed by atoms with Crippen LogP contribution >= 0.6 is 0 Å². The van der Waals surface area contributed by atoms with Crippen molar-refractivity contribution in [1.29, 1.82) is 0 Å². The van der Waals surface area contributed by atoms with Gasteiger partial charge >= 0.3 is 0 Å². The Kier molecular flexibility index (Phi) is 10.9. The smallest absolute Gasteiger partial charge is 0.233 e. The number of hydrogen-bond donors (Lipinski definition) is 2. The average Bonchev–Trinajstić information content (AvgIpc) is 2.87. The number of hydrogen-bond acceptors (Lipinski definition) is 6. The normalized spacial score (nSPS) is 11.0. The van der Waals surface area contributed by atoms with Crippen molar-refractivity contribution in [3.05, 3.63) is 59.7 Å². The van der Waals surface area contributed by atoms with Gasteiger partial charge in [0.25, 0.3) is 0 Å². The molecule has 0 aliphatic rings. The van der Waals surface area contributed by atoms with E-state index in [9.17, 15) is 17.6 Å². The lowest BCUT2D eigenvalue weighted by Crippen LogP contribution is -2.28. The predicted octanol–water partition coefficient (Wildman–Crippen LogP) is 7.88. The molecule has 200 valence electrons. The first-order valence-electron chi connectivity index (χ1n) is 12.8. The van der Waals surface area contributed by atoms with Crippen molar-refractivity contribution in [2.75, 3.05) is 28.6 Å². The summed E-state index contributed by atoms with van der Waals surface area (Å²) in [5.41, 5.74) is -0.310. The molecule has 0 saturated carbocycles. The van der Waals surface area contributed by atoms with E-state index in [1.54, 1.807) is 0 Å². The summed E-state index contributed by atoms with van der Waals surface area (Å²) < 4.78 is 56.1. The molecule has 0 amide bonds. The number of unbranched alkanes of at least 4 members (excludes halogenated alkanes) is 6. The van der Waals surface area contributed by atoms with E-state index < -0.39 is 23.3 Å². The molecular weight excluding hydrogens is 484 g/mol. The molecule has 10 heteroatoms. The highest BCUT2D eigenvalue weighted by Crippen LogP contribution is 2.25. The van der Waals surface area contributed by atoms with Crippen molar-refractivity contribution in [1.82, 2.24) is 15.0 Å². The van der Waals surface area contributed by atoms with Gasteiger partial charge in [-0.15, -0.1) is 0 Å². The Labute approximate surface area is 215 Å². The van der Waals surface area contributed by atoms with Gasteiger partial charge in [-0.1, -0.05) is 52.4 Å². The first kappa shape index (κ1) is 28.1. The number of anilines is 5. The van der Waals surface area contributed by atoms with Crippen molar-refractivity contribution in [3.8, 4) is 0 Å². The number of aromatic nitrogens is 3. The first-order chi connectivity index (χ1) is 17.9. The third-order valence-corrected chi connectivity index (χ3v) is 5.82. The van der Waals surface area contributed by atoms with E-state index in [0.29, 0.717) is 19.0 Å². The van der Waals surface area contributed by atoms with Crippen molar-refractivity contribution in [3.63, 3.8) is 0 Å². The minimum absolute atomic E-state index is 0.0547. The van der Waals surface area contributed by atoms with E-state index in [1.165, 1.54) is 0 Å². The zero-order chi connectivity index (χ0) is 26.6. The summed E-state index contributed by atoms with van der Waals surface area (Å²) in [6, 6.07) is 5.99. The monoisotopic (exact) mass is 518 g/mol. The maximum Gasteiger partial charge on any atom is 0.233 e. The number of nitrogens with one attached hydrogen (secondary N) is 2. The van der Waals surface area contributed by atoms with Crippen LogP contribution in [0.4, 0.5) is 46.8 Å². The van der Waals surface area contributed by atoms with Gasteiger partial charge in [-0.05, 0) is 37.1 Å². The zero-order valence-corrected chi connectivity index (χ0v) is 21.3. The molecule has 0 bridgehead atoms. The van der Waals surface area contributed by atoms with Crippen molar-refractivity contribution in [2.45, 2.75) is 65.2 Å². The van der Waals surface area contributed by atoms with Gasteiger partial charge in [0.05, 0.1) is 11.4 Å². The fourth-order valence-corrected chi connectivity index (χ4v) is 3.82. The van der Waals surface area contributed by atoms with Gasteiger partial charge in [0.15, 0.2) is 0 Å². The van der Waals surface area contributed by atoms with Crippen LogP contribution in [0.1, 0.15) is 65.2 Å². The van der Waals surface area contributed by atoms with Gasteiger partial charge in [-0.2, -0.15) is 15.0 Å². The fourth-order valence-electron chi connectivity index (χ4n) is 3.82. The number of benzene rings is 2. The van der Waals surface area contributed by atoms with E-state index >= 15 is 0 Å². The summed E-state index contributed by atoms with van der Waals surface area (Å²) in [5, 5.41) is 5.40. The predicted molar refractivity (Wildman–Crippen MR) is 140 cm³/mol. The molecule has 6 nitrogen and oxygen atoms in total. The summed E-state index contributed by atoms with van der Waals surface area (Å²) in [7, 11) is 0. The second-order valence-corrected chi connectivity index (χ2v) is 8.89. The molecule has 0 atom stereocenters. The second-order valence-electron chi connectivity index (χ2n) is 8.89. The second kappa shape index (κ2) is 14.3. The Morgan fingerprint density at radius 3 is 1.51 bits per heavy atom. The summed E-state index contributed by atoms with van der Waals surface area (Å²) in [6.45, 7) is 5.66. The van der Waals surface area contributed by atoms with Crippen molar-refractivity contribution in [2.24, 2.45) is 0 Å². The summed E-state index contributed by atoms with van der Waals surface area (Å²) in [5.74, 6) is -2.45. The Morgan fingerprint density at radius 1 is 0.622 bits per heavy atom. The standard InChI is InChI=1S/C27H34F4N6/c1-3-5-7-9-15-37(16-10-8-6-4-2)27-35-25(32-23-17-19(28)11-13-21(23)30)34-26(36-27)33-24-18-20(29)12-14-22(24)31/h11-14,17-18H,3-10,15-16H2,1-2H3,(H2,32,33,34,35,36). The maximum absolute atomic E-state index is 14.3. The molecule has 3 rings (SSSR count). The molecule has 0 radical (unpaired) electrons. The summed E-state index contributed by atoms with van der Waals surface area (Å²) in [6.07, 6.45) is 8.37. The molecule has 0 aliphatic heterocycles. The van der Waals surface area contributed by atoms with E-state index in [1.807, 2.05) is 4.90 Å². The van der Waals surface area contributed by atoms with Crippen LogP contribution in [0.2, 0.25) is 0 Å². The lowest BCUT2D eigenvalue weighted by Gasteiger charge is -2.24. The summed E-state index contributed by atoms with van der Waals surface area (Å²) in [4.78, 5) is 15.2. The molecule has 2 aromatic carbocycles. The lowest BCUT2D eigenvalue weighted by atomic mass is 10.2. The molecule has 0 unspecified atom stereocenters. The third kappa shape index (κ3) is 8.87. The first-order valence-corrected chi connectivity index (χ1v) is 12.8. The molecular formula is C27H34F4N6. The van der Waals surface area contributed by atoms with Crippen LogP contribution in [-0.2, 0) is 0 Å². The van der Waals surface area contributed by atoms with Gasteiger partial charge in [-0.3, -0.25) is 0 Å². The maximum atomic E-state index is 14.3. The molecule has 0 fully saturated rings. The molecule has 37 heavy (non-hydrogen) atoms. The van der Waals surface area contributed by atoms with Gasteiger partial charge < -0.3 is 15.5 Å². The van der Waals surface area contributed by atoms with Gasteiger partial charge in [0, 0.05) is 25.2 Å². The van der Waals surface area contributed by atoms with Crippen LogP contribution in [0.5, 0.6) is 0 Å². The molecule has 0 spiro atoms. The van der Waals surface area contributed by atoms with E-state index in [0.717, 1.165) is 87.8 Å². The van der Waals surface area contributed by atoms with Crippen molar-refractivity contribution >= 4 is 29.2 Å². The van der Waals surface area contributed by atoms with E-state index in [-0.39, 0.29) is 23.3 Å². The van der Waals surface area contributed by atoms with E-state index in [2.05, 4.69) is 39.4 Å². The van der Waals surface area contributed by atoms with Gasteiger partial charge in [0.1, 0.15) is 23.3 Å². The molecule has 3 aromatic rings. The fraction of sp³-hybridized carbons (Fsp3) is 0.444. The van der Waals surface area contributed by atoms with Gasteiger partial charge in [-0.25, -0.2) is 17.6 Å². The highest BCUT2D eigenvalue weighted by molar-refractivity contribution is 5.60. The quantitative estimate of drug-likeness (QED) is 0.158. The van der Waals surface area contributed by atoms with Crippen LogP contribution in [0.3, 0.4) is 0 Å². The largest absolute Gasteiger partial charge is 0.341 e. The number of rotatable bonds is 15. The minimum atomic E-state index is -0.690. The Balaban J connectivity index is 1.96. The highest BCUT2D eigenvalue weighted by Gasteiger charge is 2.16. The summed E-state index contributed by atoms with van der Waals surface area (Å²) >= 11 is 0. The van der Waals surface area contributed by atoms with Crippen molar-refractivity contribution < 1.29 is 17.6 Å². The molecule has 1 aromatic heterocycles. The average molecular weight is 519 g/mol. The zero-order valence-electron chi connectivity index (χ0n) is 21.3. The molecule has 1 heterocycles. The third-order valence-electron chi connectivity index (χ3n) is 5.82. The topological polar surface area (TPSA) is 66.0 Å². The van der Waals surface area contributed by atoms with Crippen LogP contribution in [0.15, 0.2) is 36.4 Å². The minimum Gasteiger partial charge on any atom is -0.341 e. The molecule has 0 aliphatic carbocycles.